The Morgan fingerprint density at radius 3 is 2.76 bits per heavy atom. The number of nitrogens with one attached hydrogen (secondary N) is 3. The summed E-state index contributed by atoms with van der Waals surface area (Å²) >= 11 is 1.77. The van der Waals surface area contributed by atoms with Gasteiger partial charge in [-0.3, -0.25) is 20.2 Å². The molecule has 0 aliphatic heterocycles. The number of rotatable bonds is 3. The first-order chi connectivity index (χ1) is 14.3. The number of hydrogen-bond donors (Lipinski definition) is 3. The van der Waals surface area contributed by atoms with E-state index in [1.54, 1.807) is 23.7 Å². The van der Waals surface area contributed by atoms with E-state index in [0.29, 0.717) is 0 Å². The van der Waals surface area contributed by atoms with E-state index in [4.69, 9.17) is 0 Å². The van der Waals surface area contributed by atoms with Crippen LogP contribution in [0.25, 0.3) is 54.9 Å². The lowest BCUT2D eigenvalue weighted by molar-refractivity contribution is 1.09. The van der Waals surface area contributed by atoms with Crippen molar-refractivity contribution in [3.05, 3.63) is 60.1 Å². The number of aromatic amines is 3. The van der Waals surface area contributed by atoms with Gasteiger partial charge in [-0.05, 0) is 31.2 Å². The number of hydrogen-bond acceptors (Lipinski definition) is 5. The molecule has 6 heterocycles. The average molecular weight is 397 g/mol. The molecule has 0 aliphatic rings. The molecule has 6 rings (SSSR count). The average Bonchev–Trinajstić information content (AvgIpc) is 3.51. The van der Waals surface area contributed by atoms with Gasteiger partial charge in [0.05, 0.1) is 41.0 Å². The fraction of sp³-hybridized carbons (Fsp3) is 0.0476. The van der Waals surface area contributed by atoms with Gasteiger partial charge < -0.3 is 4.98 Å². The van der Waals surface area contributed by atoms with E-state index >= 15 is 0 Å². The van der Waals surface area contributed by atoms with E-state index in [1.165, 1.54) is 9.75 Å². The van der Waals surface area contributed by atoms with E-state index in [0.717, 1.165) is 50.0 Å². The van der Waals surface area contributed by atoms with Crippen molar-refractivity contribution in [1.29, 1.82) is 0 Å². The Kier molecular flexibility index (Phi) is 3.41. The lowest BCUT2D eigenvalue weighted by atomic mass is 10.1. The standard InChI is InChI=1S/C21H15N7S/c1-11-2-3-20(29-11)15-8-22-9-18-13(15)4-17(26-18)21-14-5-16(12-6-24-25-7-12)23-10-19(14)27-28-21/h2-10,26H,1H3,(H,24,25)(H,27,28). The third kappa shape index (κ3) is 2.57. The second kappa shape index (κ2) is 6.11. The van der Waals surface area contributed by atoms with Gasteiger partial charge in [0.1, 0.15) is 5.69 Å². The molecule has 0 radical (unpaired) electrons. The van der Waals surface area contributed by atoms with Gasteiger partial charge in [-0.1, -0.05) is 0 Å². The van der Waals surface area contributed by atoms with Crippen molar-refractivity contribution < 1.29 is 0 Å². The summed E-state index contributed by atoms with van der Waals surface area (Å²) in [6.07, 6.45) is 9.18. The fourth-order valence-electron chi connectivity index (χ4n) is 3.63. The van der Waals surface area contributed by atoms with Crippen LogP contribution >= 0.6 is 11.3 Å². The van der Waals surface area contributed by atoms with Crippen molar-refractivity contribution in [2.75, 3.05) is 0 Å². The minimum Gasteiger partial charge on any atom is -0.352 e. The summed E-state index contributed by atoms with van der Waals surface area (Å²) in [5, 5.41) is 16.6. The van der Waals surface area contributed by atoms with Crippen molar-refractivity contribution in [1.82, 2.24) is 35.3 Å². The molecule has 6 aromatic heterocycles. The minimum absolute atomic E-state index is 0.849. The zero-order valence-electron chi connectivity index (χ0n) is 15.4. The molecule has 7 nitrogen and oxygen atoms in total. The molecule has 0 spiro atoms. The molecule has 6 aromatic rings. The molecule has 0 fully saturated rings. The highest BCUT2D eigenvalue weighted by molar-refractivity contribution is 7.15. The van der Waals surface area contributed by atoms with Crippen molar-refractivity contribution in [2.45, 2.75) is 6.92 Å². The molecule has 0 saturated carbocycles. The molecule has 0 atom stereocenters. The van der Waals surface area contributed by atoms with Crippen molar-refractivity contribution in [3.63, 3.8) is 0 Å². The van der Waals surface area contributed by atoms with Crippen LogP contribution in [0.3, 0.4) is 0 Å². The second-order valence-corrected chi connectivity index (χ2v) is 8.20. The van der Waals surface area contributed by atoms with Crippen LogP contribution in [-0.4, -0.2) is 35.3 Å². The number of aromatic nitrogens is 7. The normalized spacial score (nSPS) is 11.6. The fourth-order valence-corrected chi connectivity index (χ4v) is 4.52. The Morgan fingerprint density at radius 1 is 0.966 bits per heavy atom. The minimum atomic E-state index is 0.849. The van der Waals surface area contributed by atoms with Crippen LogP contribution in [0.1, 0.15) is 4.88 Å². The first-order valence-corrected chi connectivity index (χ1v) is 9.95. The lowest BCUT2D eigenvalue weighted by Crippen LogP contribution is -1.82. The summed E-state index contributed by atoms with van der Waals surface area (Å²) < 4.78 is 0. The van der Waals surface area contributed by atoms with E-state index in [2.05, 4.69) is 60.5 Å². The molecular formula is C21H15N7S. The largest absolute Gasteiger partial charge is 0.352 e. The number of H-pyrrole nitrogens is 3. The molecule has 3 N–H and O–H groups in total. The maximum atomic E-state index is 4.55. The molecule has 0 aromatic carbocycles. The monoisotopic (exact) mass is 397 g/mol. The summed E-state index contributed by atoms with van der Waals surface area (Å²) in [5.41, 5.74) is 6.59. The third-order valence-electron chi connectivity index (χ3n) is 5.05. The maximum absolute atomic E-state index is 4.55. The SMILES string of the molecule is Cc1ccc(-c2cncc3[nH]c(-c4n[nH]c5cnc(-c6cn[nH]c6)cc45)cc23)s1. The Morgan fingerprint density at radius 2 is 1.93 bits per heavy atom. The van der Waals surface area contributed by atoms with Gasteiger partial charge in [0.25, 0.3) is 0 Å². The number of fused-ring (bicyclic) bond motifs is 2. The summed E-state index contributed by atoms with van der Waals surface area (Å²) in [4.78, 5) is 14.9. The Labute approximate surface area is 168 Å². The number of nitrogens with zero attached hydrogens (tertiary/aromatic N) is 4. The maximum Gasteiger partial charge on any atom is 0.116 e. The first kappa shape index (κ1) is 16.2. The predicted molar refractivity (Wildman–Crippen MR) is 115 cm³/mol. The zero-order chi connectivity index (χ0) is 19.4. The number of thiophene rings is 1. The smallest absolute Gasteiger partial charge is 0.116 e. The summed E-state index contributed by atoms with van der Waals surface area (Å²) in [7, 11) is 0. The van der Waals surface area contributed by atoms with E-state index in [9.17, 15) is 0 Å². The van der Waals surface area contributed by atoms with Gasteiger partial charge in [-0.2, -0.15) is 10.2 Å². The molecule has 0 aliphatic carbocycles. The van der Waals surface area contributed by atoms with Crippen molar-refractivity contribution in [3.8, 4) is 33.1 Å². The zero-order valence-corrected chi connectivity index (χ0v) is 16.2. The van der Waals surface area contributed by atoms with Gasteiger partial charge >= 0.3 is 0 Å². The molecule has 0 amide bonds. The van der Waals surface area contributed by atoms with Gasteiger partial charge in [0, 0.05) is 44.0 Å². The summed E-state index contributed by atoms with van der Waals surface area (Å²) in [6.45, 7) is 2.12. The molecule has 0 unspecified atom stereocenters. The van der Waals surface area contributed by atoms with Crippen LogP contribution < -0.4 is 0 Å². The summed E-state index contributed by atoms with van der Waals surface area (Å²) in [6, 6.07) is 8.47. The Balaban J connectivity index is 1.53. The molecule has 0 bridgehead atoms. The molecule has 0 saturated heterocycles. The number of pyridine rings is 2. The van der Waals surface area contributed by atoms with E-state index in [1.807, 2.05) is 24.7 Å². The van der Waals surface area contributed by atoms with Gasteiger partial charge in [0.15, 0.2) is 0 Å². The van der Waals surface area contributed by atoms with Crippen LogP contribution in [0.2, 0.25) is 0 Å². The lowest BCUT2D eigenvalue weighted by Gasteiger charge is -1.98. The highest BCUT2D eigenvalue weighted by atomic mass is 32.1. The quantitative estimate of drug-likeness (QED) is 0.394. The number of aryl methyl sites for hydroxylation is 1. The van der Waals surface area contributed by atoms with Gasteiger partial charge in [-0.25, -0.2) is 0 Å². The van der Waals surface area contributed by atoms with Crippen LogP contribution in [0, 0.1) is 6.92 Å². The predicted octanol–water partition coefficient (Wildman–Crippen LogP) is 4.93. The highest BCUT2D eigenvalue weighted by Gasteiger charge is 2.15. The second-order valence-electron chi connectivity index (χ2n) is 6.92. The Bertz CT molecular complexity index is 1470. The van der Waals surface area contributed by atoms with Crippen LogP contribution in [0.5, 0.6) is 0 Å². The van der Waals surface area contributed by atoms with Gasteiger partial charge in [-0.15, -0.1) is 11.3 Å². The van der Waals surface area contributed by atoms with Crippen molar-refractivity contribution in [2.24, 2.45) is 0 Å². The van der Waals surface area contributed by atoms with E-state index < -0.39 is 0 Å². The highest BCUT2D eigenvalue weighted by Crippen LogP contribution is 2.36. The van der Waals surface area contributed by atoms with E-state index in [-0.39, 0.29) is 0 Å². The first-order valence-electron chi connectivity index (χ1n) is 9.13. The van der Waals surface area contributed by atoms with Gasteiger partial charge in [0.2, 0.25) is 0 Å². The van der Waals surface area contributed by atoms with Crippen LogP contribution in [0.4, 0.5) is 0 Å². The molecular weight excluding hydrogens is 382 g/mol. The molecule has 29 heavy (non-hydrogen) atoms. The molecule has 140 valence electrons. The topological polar surface area (TPSA) is 98.9 Å². The summed E-state index contributed by atoms with van der Waals surface area (Å²) in [5.74, 6) is 0. The van der Waals surface area contributed by atoms with Crippen LogP contribution in [-0.2, 0) is 0 Å². The van der Waals surface area contributed by atoms with Crippen molar-refractivity contribution >= 4 is 33.1 Å². The Hall–Kier alpha value is -3.78. The van der Waals surface area contributed by atoms with Crippen LogP contribution in [0.15, 0.2) is 55.2 Å². The third-order valence-corrected chi connectivity index (χ3v) is 6.08. The molecule has 8 heteroatoms.